The van der Waals surface area contributed by atoms with Gasteiger partial charge in [0, 0.05) is 20.2 Å². The Hall–Kier alpha value is -2.96. The minimum atomic E-state index is -0.508. The third-order valence-corrected chi connectivity index (χ3v) is 6.60. The summed E-state index contributed by atoms with van der Waals surface area (Å²) in [5, 5.41) is 1.60. The molecule has 1 unspecified atom stereocenters. The van der Waals surface area contributed by atoms with Crippen molar-refractivity contribution >= 4 is 39.0 Å². The van der Waals surface area contributed by atoms with Gasteiger partial charge >= 0.3 is 5.97 Å². The van der Waals surface area contributed by atoms with Gasteiger partial charge in [-0.1, -0.05) is 25.4 Å². The summed E-state index contributed by atoms with van der Waals surface area (Å²) in [5.41, 5.74) is 0.189. The van der Waals surface area contributed by atoms with Gasteiger partial charge in [-0.3, -0.25) is 4.79 Å². The van der Waals surface area contributed by atoms with Gasteiger partial charge in [-0.15, -0.1) is 11.3 Å². The second-order valence-electron chi connectivity index (χ2n) is 7.97. The average molecular weight is 487 g/mol. The molecule has 0 aliphatic rings. The van der Waals surface area contributed by atoms with Crippen molar-refractivity contribution < 1.29 is 23.0 Å². The second-order valence-corrected chi connectivity index (χ2v) is 9.52. The number of rotatable bonds is 7. The van der Waals surface area contributed by atoms with Crippen LogP contribution in [0.25, 0.3) is 10.1 Å². The highest BCUT2D eigenvalue weighted by molar-refractivity contribution is 7.19. The fraction of sp³-hybridized carbons (Fsp3) is 0.192. The summed E-state index contributed by atoms with van der Waals surface area (Å²) in [6, 6.07) is 17.2. The molecule has 1 atom stereocenters. The lowest BCUT2D eigenvalue weighted by atomic mass is 9.94. The normalized spacial score (nSPS) is 12.2. The van der Waals surface area contributed by atoms with Gasteiger partial charge < -0.3 is 9.47 Å². The van der Waals surface area contributed by atoms with E-state index in [0.29, 0.717) is 16.5 Å². The molecule has 0 bridgehead atoms. The third kappa shape index (κ3) is 5.52. The first-order valence-electron chi connectivity index (χ1n) is 10.4. The van der Waals surface area contributed by atoms with E-state index < -0.39 is 17.7 Å². The van der Waals surface area contributed by atoms with Crippen molar-refractivity contribution in [2.24, 2.45) is 5.92 Å². The first-order valence-corrected chi connectivity index (χ1v) is 11.6. The van der Waals surface area contributed by atoms with Crippen molar-refractivity contribution in [1.29, 1.82) is 0 Å². The van der Waals surface area contributed by atoms with E-state index in [1.807, 2.05) is 38.1 Å². The van der Waals surface area contributed by atoms with Gasteiger partial charge in [-0.25, -0.2) is 8.78 Å². The van der Waals surface area contributed by atoms with Crippen molar-refractivity contribution in [2.45, 2.75) is 26.4 Å². The van der Waals surface area contributed by atoms with E-state index >= 15 is 0 Å². The number of ether oxygens (including phenoxy) is 2. The van der Waals surface area contributed by atoms with Gasteiger partial charge in [0.05, 0.1) is 5.92 Å². The molecule has 0 spiro atoms. The average Bonchev–Trinajstić information content (AvgIpc) is 3.17. The molecule has 33 heavy (non-hydrogen) atoms. The number of carbonyl (C=O) groups is 1. The molecule has 0 aliphatic heterocycles. The predicted molar refractivity (Wildman–Crippen MR) is 127 cm³/mol. The predicted octanol–water partition coefficient (Wildman–Crippen LogP) is 8.11. The molecule has 1 aromatic heterocycles. The second kappa shape index (κ2) is 9.89. The van der Waals surface area contributed by atoms with Crippen molar-refractivity contribution in [3.8, 4) is 11.5 Å². The maximum Gasteiger partial charge on any atom is 0.314 e. The van der Waals surface area contributed by atoms with Crippen LogP contribution in [0.15, 0.2) is 66.7 Å². The summed E-state index contributed by atoms with van der Waals surface area (Å²) in [6.07, 6.45) is 0. The molecule has 170 valence electrons. The molecule has 0 saturated heterocycles. The quantitative estimate of drug-likeness (QED) is 0.247. The van der Waals surface area contributed by atoms with Crippen LogP contribution in [-0.2, 0) is 16.1 Å². The number of halogens is 3. The number of hydrogen-bond donors (Lipinski definition) is 0. The van der Waals surface area contributed by atoms with Crippen molar-refractivity contribution in [2.75, 3.05) is 0 Å². The van der Waals surface area contributed by atoms with Crippen LogP contribution >= 0.6 is 22.9 Å². The van der Waals surface area contributed by atoms with Crippen LogP contribution in [0.2, 0.25) is 5.02 Å². The lowest BCUT2D eigenvalue weighted by molar-refractivity contribution is -0.148. The van der Waals surface area contributed by atoms with E-state index in [4.69, 9.17) is 21.1 Å². The summed E-state index contributed by atoms with van der Waals surface area (Å²) < 4.78 is 39.7. The van der Waals surface area contributed by atoms with E-state index in [2.05, 4.69) is 0 Å². The van der Waals surface area contributed by atoms with Gasteiger partial charge in [0.25, 0.3) is 0 Å². The maximum absolute atomic E-state index is 14.4. The smallest absolute Gasteiger partial charge is 0.314 e. The van der Waals surface area contributed by atoms with Gasteiger partial charge in [-0.2, -0.15) is 0 Å². The number of thiophene rings is 1. The van der Waals surface area contributed by atoms with Crippen LogP contribution in [0.1, 0.15) is 30.2 Å². The minimum absolute atomic E-state index is 0.0148. The summed E-state index contributed by atoms with van der Waals surface area (Å²) in [6.45, 7) is 3.66. The Morgan fingerprint density at radius 3 is 2.42 bits per heavy atom. The summed E-state index contributed by atoms with van der Waals surface area (Å²) in [4.78, 5) is 13.9. The third-order valence-electron chi connectivity index (χ3n) is 5.16. The zero-order chi connectivity index (χ0) is 23.5. The first kappa shape index (κ1) is 23.2. The van der Waals surface area contributed by atoms with E-state index in [1.165, 1.54) is 53.8 Å². The number of benzene rings is 3. The van der Waals surface area contributed by atoms with Crippen LogP contribution in [-0.4, -0.2) is 5.97 Å². The van der Waals surface area contributed by atoms with E-state index in [9.17, 15) is 13.6 Å². The standard InChI is InChI=1S/C26H21ClF2O3S/c1-15(2)25(24-13-16-11-18(27)3-10-23(16)33-24)26(30)31-14-17-12-21(8-9-22(17)29)32-20-6-4-19(28)5-7-20/h3-13,15,25H,14H2,1-2H3. The number of fused-ring (bicyclic) bond motifs is 1. The zero-order valence-corrected chi connectivity index (χ0v) is 19.6. The van der Waals surface area contributed by atoms with E-state index in [-0.39, 0.29) is 23.9 Å². The van der Waals surface area contributed by atoms with Gasteiger partial charge in [0.2, 0.25) is 0 Å². The molecular weight excluding hydrogens is 466 g/mol. The van der Waals surface area contributed by atoms with Crippen LogP contribution in [0, 0.1) is 17.6 Å². The summed E-state index contributed by atoms with van der Waals surface area (Å²) >= 11 is 7.61. The molecule has 3 aromatic carbocycles. The molecule has 0 N–H and O–H groups in total. The Kier molecular flexibility index (Phi) is 6.96. The molecule has 0 radical (unpaired) electrons. The van der Waals surface area contributed by atoms with Crippen LogP contribution < -0.4 is 4.74 Å². The largest absolute Gasteiger partial charge is 0.460 e. The lowest BCUT2D eigenvalue weighted by Gasteiger charge is -2.18. The van der Waals surface area contributed by atoms with Crippen LogP contribution in [0.3, 0.4) is 0 Å². The first-order chi connectivity index (χ1) is 15.8. The number of esters is 1. The Morgan fingerprint density at radius 1 is 0.970 bits per heavy atom. The maximum atomic E-state index is 14.4. The molecule has 3 nitrogen and oxygen atoms in total. The summed E-state index contributed by atoms with van der Waals surface area (Å²) in [5.74, 6) is -1.04. The molecular formula is C26H21ClF2O3S. The fourth-order valence-corrected chi connectivity index (χ4v) is 4.99. The van der Waals surface area contributed by atoms with Crippen molar-refractivity contribution in [3.05, 3.63) is 93.8 Å². The van der Waals surface area contributed by atoms with Gasteiger partial charge in [0.15, 0.2) is 0 Å². The van der Waals surface area contributed by atoms with E-state index in [0.717, 1.165) is 15.0 Å². The molecule has 4 rings (SSSR count). The van der Waals surface area contributed by atoms with Crippen LogP contribution in [0.4, 0.5) is 8.78 Å². The zero-order valence-electron chi connectivity index (χ0n) is 18.0. The Morgan fingerprint density at radius 2 is 1.70 bits per heavy atom. The van der Waals surface area contributed by atoms with Gasteiger partial charge in [0.1, 0.15) is 29.7 Å². The Bertz CT molecular complexity index is 1280. The monoisotopic (exact) mass is 486 g/mol. The highest BCUT2D eigenvalue weighted by Crippen LogP contribution is 2.37. The molecule has 0 amide bonds. The number of carbonyl (C=O) groups excluding carboxylic acids is 1. The van der Waals surface area contributed by atoms with E-state index in [1.54, 1.807) is 0 Å². The number of hydrogen-bond acceptors (Lipinski definition) is 4. The van der Waals surface area contributed by atoms with Crippen molar-refractivity contribution in [3.63, 3.8) is 0 Å². The molecule has 0 saturated carbocycles. The molecule has 7 heteroatoms. The molecule has 1 heterocycles. The highest BCUT2D eigenvalue weighted by atomic mass is 35.5. The molecule has 4 aromatic rings. The highest BCUT2D eigenvalue weighted by Gasteiger charge is 2.28. The van der Waals surface area contributed by atoms with Crippen molar-refractivity contribution in [1.82, 2.24) is 0 Å². The SMILES string of the molecule is CC(C)C(C(=O)OCc1cc(Oc2ccc(F)cc2)ccc1F)c1cc2cc(Cl)ccc2s1. The Labute approximate surface area is 199 Å². The molecule has 0 aliphatic carbocycles. The topological polar surface area (TPSA) is 35.5 Å². The Balaban J connectivity index is 1.49. The van der Waals surface area contributed by atoms with Gasteiger partial charge in [-0.05, 0) is 78.0 Å². The summed E-state index contributed by atoms with van der Waals surface area (Å²) in [7, 11) is 0. The lowest BCUT2D eigenvalue weighted by Crippen LogP contribution is -2.20. The van der Waals surface area contributed by atoms with Crippen LogP contribution in [0.5, 0.6) is 11.5 Å². The minimum Gasteiger partial charge on any atom is -0.460 e. The molecule has 0 fully saturated rings. The fourth-order valence-electron chi connectivity index (χ4n) is 3.51.